The first-order valence-electron chi connectivity index (χ1n) is 11.1. The van der Waals surface area contributed by atoms with Gasteiger partial charge in [0.05, 0.1) is 13.2 Å². The standard InChI is InChI=1S/C21H40N4O2/c1-3-26-14-11-20(9-10-20)17-23-19(22-2)24-18-21(7-5-4-6-8-21)25-12-15-27-16-13-25/h3-18H2,1-2H3,(H2,22,23,24). The molecular weight excluding hydrogens is 340 g/mol. The zero-order valence-electron chi connectivity index (χ0n) is 17.5. The van der Waals surface area contributed by atoms with Crippen LogP contribution in [0.2, 0.25) is 0 Å². The fourth-order valence-corrected chi connectivity index (χ4v) is 4.72. The summed E-state index contributed by atoms with van der Waals surface area (Å²) >= 11 is 0. The lowest BCUT2D eigenvalue weighted by molar-refractivity contribution is -0.0352. The minimum absolute atomic E-state index is 0.270. The molecule has 2 N–H and O–H groups in total. The maximum atomic E-state index is 5.60. The third kappa shape index (κ3) is 5.81. The molecule has 156 valence electrons. The molecule has 0 aromatic heterocycles. The quantitative estimate of drug-likeness (QED) is 0.365. The molecule has 0 radical (unpaired) electrons. The van der Waals surface area contributed by atoms with E-state index in [0.29, 0.717) is 5.41 Å². The minimum Gasteiger partial charge on any atom is -0.382 e. The molecule has 0 aromatic carbocycles. The van der Waals surface area contributed by atoms with Crippen LogP contribution in [0.1, 0.15) is 58.3 Å². The van der Waals surface area contributed by atoms with Crippen LogP contribution in [0.25, 0.3) is 0 Å². The number of guanidine groups is 1. The van der Waals surface area contributed by atoms with E-state index >= 15 is 0 Å². The van der Waals surface area contributed by atoms with Gasteiger partial charge in [0.25, 0.3) is 0 Å². The highest BCUT2D eigenvalue weighted by molar-refractivity contribution is 5.79. The number of nitrogens with one attached hydrogen (secondary N) is 2. The third-order valence-electron chi connectivity index (χ3n) is 6.84. The summed E-state index contributed by atoms with van der Waals surface area (Å²) in [6.07, 6.45) is 10.4. The molecule has 0 bridgehead atoms. The van der Waals surface area contributed by atoms with Crippen molar-refractivity contribution >= 4 is 5.96 Å². The fourth-order valence-electron chi connectivity index (χ4n) is 4.72. The van der Waals surface area contributed by atoms with Crippen LogP contribution >= 0.6 is 0 Å². The number of nitrogens with zero attached hydrogens (tertiary/aromatic N) is 2. The second-order valence-electron chi connectivity index (χ2n) is 8.61. The zero-order valence-corrected chi connectivity index (χ0v) is 17.5. The highest BCUT2D eigenvalue weighted by Crippen LogP contribution is 2.48. The molecule has 3 rings (SSSR count). The summed E-state index contributed by atoms with van der Waals surface area (Å²) in [5, 5.41) is 7.27. The molecule has 0 aromatic rings. The molecule has 6 heteroatoms. The van der Waals surface area contributed by atoms with Crippen LogP contribution in [0.4, 0.5) is 0 Å². The van der Waals surface area contributed by atoms with Crippen molar-refractivity contribution < 1.29 is 9.47 Å². The van der Waals surface area contributed by atoms with E-state index in [0.717, 1.165) is 65.0 Å². The molecule has 1 heterocycles. The van der Waals surface area contributed by atoms with Crippen molar-refractivity contribution in [3.05, 3.63) is 0 Å². The van der Waals surface area contributed by atoms with Gasteiger partial charge in [-0.15, -0.1) is 0 Å². The second kappa shape index (κ2) is 10.1. The minimum atomic E-state index is 0.270. The van der Waals surface area contributed by atoms with Crippen LogP contribution in [0, 0.1) is 5.41 Å². The highest BCUT2D eigenvalue weighted by Gasteiger charge is 2.42. The van der Waals surface area contributed by atoms with E-state index in [9.17, 15) is 0 Å². The van der Waals surface area contributed by atoms with Crippen molar-refractivity contribution in [1.29, 1.82) is 0 Å². The van der Waals surface area contributed by atoms with E-state index in [4.69, 9.17) is 9.47 Å². The van der Waals surface area contributed by atoms with E-state index in [1.807, 2.05) is 7.05 Å². The molecular formula is C21H40N4O2. The molecule has 0 amide bonds. The zero-order chi connectivity index (χ0) is 19.0. The van der Waals surface area contributed by atoms with E-state index in [2.05, 4.69) is 27.4 Å². The Hall–Kier alpha value is -0.850. The Kier molecular flexibility index (Phi) is 7.79. The average Bonchev–Trinajstić information content (AvgIpc) is 3.50. The molecule has 0 atom stereocenters. The normalized spacial score (nSPS) is 25.2. The summed E-state index contributed by atoms with van der Waals surface area (Å²) in [7, 11) is 1.89. The average molecular weight is 381 g/mol. The Labute approximate surface area is 165 Å². The number of rotatable bonds is 9. The summed E-state index contributed by atoms with van der Waals surface area (Å²) in [6.45, 7) is 9.62. The van der Waals surface area contributed by atoms with Gasteiger partial charge in [-0.05, 0) is 44.4 Å². The van der Waals surface area contributed by atoms with E-state index in [1.54, 1.807) is 0 Å². The predicted molar refractivity (Wildman–Crippen MR) is 110 cm³/mol. The Morgan fingerprint density at radius 3 is 2.37 bits per heavy atom. The third-order valence-corrected chi connectivity index (χ3v) is 6.84. The van der Waals surface area contributed by atoms with Gasteiger partial charge in [-0.3, -0.25) is 9.89 Å². The smallest absolute Gasteiger partial charge is 0.191 e. The first-order chi connectivity index (χ1) is 13.2. The lowest BCUT2D eigenvalue weighted by atomic mass is 9.80. The molecule has 3 aliphatic rings. The molecule has 2 saturated carbocycles. The van der Waals surface area contributed by atoms with Gasteiger partial charge in [0.2, 0.25) is 0 Å². The molecule has 2 aliphatic carbocycles. The van der Waals surface area contributed by atoms with Crippen LogP contribution in [0.3, 0.4) is 0 Å². The topological polar surface area (TPSA) is 58.1 Å². The Morgan fingerprint density at radius 2 is 1.74 bits per heavy atom. The Bertz CT molecular complexity index is 467. The molecule has 1 saturated heterocycles. The first kappa shape index (κ1) is 20.9. The van der Waals surface area contributed by atoms with Crippen molar-refractivity contribution in [2.24, 2.45) is 10.4 Å². The van der Waals surface area contributed by atoms with Gasteiger partial charge in [-0.2, -0.15) is 0 Å². The Morgan fingerprint density at radius 1 is 1.04 bits per heavy atom. The summed E-state index contributed by atoms with van der Waals surface area (Å²) in [5.74, 6) is 0.955. The summed E-state index contributed by atoms with van der Waals surface area (Å²) in [4.78, 5) is 7.18. The lowest BCUT2D eigenvalue weighted by Crippen LogP contribution is -2.60. The molecule has 0 spiro atoms. The van der Waals surface area contributed by atoms with Gasteiger partial charge in [0, 0.05) is 52.0 Å². The van der Waals surface area contributed by atoms with Crippen LogP contribution in [-0.2, 0) is 9.47 Å². The van der Waals surface area contributed by atoms with Gasteiger partial charge in [0.15, 0.2) is 5.96 Å². The van der Waals surface area contributed by atoms with E-state index in [1.165, 1.54) is 44.9 Å². The van der Waals surface area contributed by atoms with Gasteiger partial charge in [0.1, 0.15) is 0 Å². The van der Waals surface area contributed by atoms with Gasteiger partial charge >= 0.3 is 0 Å². The molecule has 3 fully saturated rings. The van der Waals surface area contributed by atoms with Crippen LogP contribution in [0.15, 0.2) is 4.99 Å². The van der Waals surface area contributed by atoms with Crippen molar-refractivity contribution in [2.45, 2.75) is 63.8 Å². The fraction of sp³-hybridized carbons (Fsp3) is 0.952. The van der Waals surface area contributed by atoms with Crippen LogP contribution < -0.4 is 10.6 Å². The summed E-state index contributed by atoms with van der Waals surface area (Å²) < 4.78 is 11.2. The summed E-state index contributed by atoms with van der Waals surface area (Å²) in [6, 6.07) is 0. The number of morpholine rings is 1. The van der Waals surface area contributed by atoms with Crippen LogP contribution in [-0.4, -0.2) is 76.1 Å². The predicted octanol–water partition coefficient (Wildman–Crippen LogP) is 2.39. The highest BCUT2D eigenvalue weighted by atomic mass is 16.5. The van der Waals surface area contributed by atoms with Crippen molar-refractivity contribution in [3.63, 3.8) is 0 Å². The molecule has 6 nitrogen and oxygen atoms in total. The van der Waals surface area contributed by atoms with Crippen LogP contribution in [0.5, 0.6) is 0 Å². The number of hydrogen-bond donors (Lipinski definition) is 2. The number of aliphatic imine (C=N–C) groups is 1. The van der Waals surface area contributed by atoms with Gasteiger partial charge in [-0.25, -0.2) is 0 Å². The van der Waals surface area contributed by atoms with E-state index < -0.39 is 0 Å². The van der Waals surface area contributed by atoms with Crippen molar-refractivity contribution in [2.75, 3.05) is 59.7 Å². The summed E-state index contributed by atoms with van der Waals surface area (Å²) in [5.41, 5.74) is 0.700. The lowest BCUT2D eigenvalue weighted by Gasteiger charge is -2.48. The SMILES string of the molecule is CCOCCC1(CNC(=NC)NCC2(N3CCOCC3)CCCCC2)CC1. The number of ether oxygens (including phenoxy) is 2. The maximum Gasteiger partial charge on any atom is 0.191 e. The second-order valence-corrected chi connectivity index (χ2v) is 8.61. The van der Waals surface area contributed by atoms with Crippen molar-refractivity contribution in [1.82, 2.24) is 15.5 Å². The van der Waals surface area contributed by atoms with Gasteiger partial charge in [-0.1, -0.05) is 19.3 Å². The van der Waals surface area contributed by atoms with Gasteiger partial charge < -0.3 is 20.1 Å². The van der Waals surface area contributed by atoms with Crippen molar-refractivity contribution in [3.8, 4) is 0 Å². The maximum absolute atomic E-state index is 5.60. The number of hydrogen-bond acceptors (Lipinski definition) is 4. The first-order valence-corrected chi connectivity index (χ1v) is 11.1. The molecule has 27 heavy (non-hydrogen) atoms. The largest absolute Gasteiger partial charge is 0.382 e. The Balaban J connectivity index is 1.49. The molecule has 1 aliphatic heterocycles. The molecule has 0 unspecified atom stereocenters. The monoisotopic (exact) mass is 380 g/mol. The van der Waals surface area contributed by atoms with E-state index in [-0.39, 0.29) is 5.54 Å².